The highest BCUT2D eigenvalue weighted by atomic mass is 15.1. The van der Waals surface area contributed by atoms with Gasteiger partial charge in [0.2, 0.25) is 0 Å². The predicted molar refractivity (Wildman–Crippen MR) is 58.5 cm³/mol. The monoisotopic (exact) mass is 171 g/mol. The molecule has 0 rings (SSSR count). The fourth-order valence-corrected chi connectivity index (χ4v) is 1.11. The SMILES string of the molecule is C=CC.CC[C@@H](C)N(CC)CC. The maximum Gasteiger partial charge on any atom is 0.00640 e. The van der Waals surface area contributed by atoms with Crippen molar-refractivity contribution in [3.05, 3.63) is 12.7 Å². The normalized spacial score (nSPS) is 11.8. The first kappa shape index (κ1) is 14.2. The summed E-state index contributed by atoms with van der Waals surface area (Å²) in [4.78, 5) is 2.47. The van der Waals surface area contributed by atoms with Gasteiger partial charge in [-0.2, -0.15) is 0 Å². The first-order chi connectivity index (χ1) is 5.67. The summed E-state index contributed by atoms with van der Waals surface area (Å²) in [5.41, 5.74) is 0. The lowest BCUT2D eigenvalue weighted by atomic mass is 10.2. The van der Waals surface area contributed by atoms with Gasteiger partial charge in [0, 0.05) is 6.04 Å². The van der Waals surface area contributed by atoms with Crippen molar-refractivity contribution in [2.75, 3.05) is 13.1 Å². The van der Waals surface area contributed by atoms with Crippen LogP contribution in [0.5, 0.6) is 0 Å². The van der Waals surface area contributed by atoms with Crippen molar-refractivity contribution < 1.29 is 0 Å². The third kappa shape index (κ3) is 7.80. The second-order valence-electron chi connectivity index (χ2n) is 2.89. The molecule has 0 aromatic carbocycles. The van der Waals surface area contributed by atoms with Gasteiger partial charge in [-0.05, 0) is 33.4 Å². The molecular formula is C11H25N. The summed E-state index contributed by atoms with van der Waals surface area (Å²) < 4.78 is 0. The maximum atomic E-state index is 3.36. The molecular weight excluding hydrogens is 146 g/mol. The molecule has 0 radical (unpaired) electrons. The Morgan fingerprint density at radius 2 is 1.58 bits per heavy atom. The summed E-state index contributed by atoms with van der Waals surface area (Å²) in [6.07, 6.45) is 3.02. The average molecular weight is 171 g/mol. The van der Waals surface area contributed by atoms with Gasteiger partial charge >= 0.3 is 0 Å². The van der Waals surface area contributed by atoms with E-state index in [0.717, 1.165) is 6.04 Å². The number of allylic oxidation sites excluding steroid dienone is 1. The number of hydrogen-bond donors (Lipinski definition) is 0. The predicted octanol–water partition coefficient (Wildman–Crippen LogP) is 3.32. The maximum absolute atomic E-state index is 3.36. The van der Waals surface area contributed by atoms with E-state index in [-0.39, 0.29) is 0 Å². The van der Waals surface area contributed by atoms with Gasteiger partial charge in [-0.25, -0.2) is 0 Å². The van der Waals surface area contributed by atoms with E-state index in [9.17, 15) is 0 Å². The van der Waals surface area contributed by atoms with Crippen LogP contribution in [0.4, 0.5) is 0 Å². The fraction of sp³-hybridized carbons (Fsp3) is 0.818. The lowest BCUT2D eigenvalue weighted by Crippen LogP contribution is -2.31. The standard InChI is InChI=1S/C8H19N.C3H6/c1-5-8(4)9(6-2)7-3;1-3-2/h8H,5-7H2,1-4H3;3H,1H2,2H3/t8-;/m1./s1. The van der Waals surface area contributed by atoms with Crippen molar-refractivity contribution in [1.29, 1.82) is 0 Å². The molecule has 0 fully saturated rings. The summed E-state index contributed by atoms with van der Waals surface area (Å²) in [6.45, 7) is 16.6. The Hall–Kier alpha value is -0.300. The van der Waals surface area contributed by atoms with Gasteiger partial charge in [0.05, 0.1) is 0 Å². The van der Waals surface area contributed by atoms with Gasteiger partial charge in [0.15, 0.2) is 0 Å². The molecule has 0 saturated heterocycles. The van der Waals surface area contributed by atoms with Gasteiger partial charge in [-0.1, -0.05) is 26.8 Å². The number of rotatable bonds is 4. The largest absolute Gasteiger partial charge is 0.301 e. The zero-order valence-electron chi connectivity index (χ0n) is 9.43. The molecule has 0 bridgehead atoms. The number of hydrogen-bond acceptors (Lipinski definition) is 1. The molecule has 0 heterocycles. The van der Waals surface area contributed by atoms with Crippen LogP contribution in [-0.4, -0.2) is 24.0 Å². The first-order valence-electron chi connectivity index (χ1n) is 4.98. The van der Waals surface area contributed by atoms with Crippen LogP contribution in [0.3, 0.4) is 0 Å². The minimum absolute atomic E-state index is 0.764. The Labute approximate surface area is 78.5 Å². The molecule has 0 N–H and O–H groups in total. The van der Waals surface area contributed by atoms with E-state index in [1.165, 1.54) is 19.5 Å². The minimum atomic E-state index is 0.764. The van der Waals surface area contributed by atoms with Gasteiger partial charge in [-0.3, -0.25) is 0 Å². The first-order valence-corrected chi connectivity index (χ1v) is 4.98. The van der Waals surface area contributed by atoms with Crippen molar-refractivity contribution in [3.63, 3.8) is 0 Å². The lowest BCUT2D eigenvalue weighted by molar-refractivity contribution is 0.226. The van der Waals surface area contributed by atoms with E-state index in [1.807, 2.05) is 6.92 Å². The molecule has 0 aromatic heterocycles. The molecule has 0 amide bonds. The molecule has 0 unspecified atom stereocenters. The second-order valence-corrected chi connectivity index (χ2v) is 2.89. The Balaban J connectivity index is 0. The zero-order chi connectivity index (χ0) is 9.98. The van der Waals surface area contributed by atoms with Crippen LogP contribution in [0.2, 0.25) is 0 Å². The van der Waals surface area contributed by atoms with E-state index in [0.29, 0.717) is 0 Å². The molecule has 0 saturated carbocycles. The molecule has 1 heteroatoms. The summed E-state index contributed by atoms with van der Waals surface area (Å²) in [5.74, 6) is 0. The Morgan fingerprint density at radius 3 is 1.67 bits per heavy atom. The Kier molecular flexibility index (Phi) is 12.7. The third-order valence-corrected chi connectivity index (χ3v) is 2.03. The van der Waals surface area contributed by atoms with E-state index >= 15 is 0 Å². The highest BCUT2D eigenvalue weighted by Gasteiger charge is 2.05. The van der Waals surface area contributed by atoms with E-state index < -0.39 is 0 Å². The van der Waals surface area contributed by atoms with Crippen LogP contribution >= 0.6 is 0 Å². The minimum Gasteiger partial charge on any atom is -0.301 e. The van der Waals surface area contributed by atoms with Gasteiger partial charge in [-0.15, -0.1) is 6.58 Å². The number of nitrogens with zero attached hydrogens (tertiary/aromatic N) is 1. The highest BCUT2D eigenvalue weighted by molar-refractivity contribution is 4.60. The Morgan fingerprint density at radius 1 is 1.25 bits per heavy atom. The van der Waals surface area contributed by atoms with Gasteiger partial charge in [0.25, 0.3) is 0 Å². The van der Waals surface area contributed by atoms with Crippen LogP contribution in [0.15, 0.2) is 12.7 Å². The van der Waals surface area contributed by atoms with Crippen LogP contribution < -0.4 is 0 Å². The van der Waals surface area contributed by atoms with Crippen LogP contribution in [0.25, 0.3) is 0 Å². The van der Waals surface area contributed by atoms with Gasteiger partial charge < -0.3 is 4.90 Å². The van der Waals surface area contributed by atoms with Crippen LogP contribution in [0.1, 0.15) is 41.0 Å². The lowest BCUT2D eigenvalue weighted by Gasteiger charge is -2.24. The fourth-order valence-electron chi connectivity index (χ4n) is 1.11. The van der Waals surface area contributed by atoms with Crippen LogP contribution in [0, 0.1) is 0 Å². The van der Waals surface area contributed by atoms with Crippen molar-refractivity contribution in [2.45, 2.75) is 47.1 Å². The molecule has 12 heavy (non-hydrogen) atoms. The summed E-state index contributed by atoms with van der Waals surface area (Å²) in [5, 5.41) is 0. The highest BCUT2D eigenvalue weighted by Crippen LogP contribution is 2.00. The average Bonchev–Trinajstić information content (AvgIpc) is 2.08. The smallest absolute Gasteiger partial charge is 0.00640 e. The van der Waals surface area contributed by atoms with E-state index in [2.05, 4.69) is 39.2 Å². The van der Waals surface area contributed by atoms with Gasteiger partial charge in [0.1, 0.15) is 0 Å². The Bertz CT molecular complexity index is 85.0. The molecule has 0 aromatic rings. The van der Waals surface area contributed by atoms with E-state index in [1.54, 1.807) is 6.08 Å². The van der Waals surface area contributed by atoms with Crippen LogP contribution in [-0.2, 0) is 0 Å². The van der Waals surface area contributed by atoms with E-state index in [4.69, 9.17) is 0 Å². The summed E-state index contributed by atoms with van der Waals surface area (Å²) in [7, 11) is 0. The topological polar surface area (TPSA) is 3.24 Å². The molecule has 74 valence electrons. The van der Waals surface area contributed by atoms with Crippen molar-refractivity contribution in [2.24, 2.45) is 0 Å². The van der Waals surface area contributed by atoms with Crippen molar-refractivity contribution in [3.8, 4) is 0 Å². The quantitative estimate of drug-likeness (QED) is 0.586. The molecule has 0 aliphatic carbocycles. The molecule has 0 aliphatic heterocycles. The summed E-state index contributed by atoms with van der Waals surface area (Å²) >= 11 is 0. The molecule has 1 atom stereocenters. The van der Waals surface area contributed by atoms with Crippen molar-refractivity contribution >= 4 is 0 Å². The zero-order valence-corrected chi connectivity index (χ0v) is 9.43. The third-order valence-electron chi connectivity index (χ3n) is 2.03. The molecule has 1 nitrogen and oxygen atoms in total. The molecule has 0 spiro atoms. The molecule has 0 aliphatic rings. The second kappa shape index (κ2) is 10.7. The van der Waals surface area contributed by atoms with Crippen molar-refractivity contribution in [1.82, 2.24) is 4.90 Å². The summed E-state index contributed by atoms with van der Waals surface area (Å²) in [6, 6.07) is 0.764.